The van der Waals surface area contributed by atoms with Crippen LogP contribution in [0.25, 0.3) is 21.3 Å². The van der Waals surface area contributed by atoms with Crippen LogP contribution in [0.2, 0.25) is 0 Å². The first kappa shape index (κ1) is 22.9. The number of carbonyl (C=O) groups is 1. The van der Waals surface area contributed by atoms with Gasteiger partial charge in [-0.25, -0.2) is 3.97 Å². The molecule has 0 aliphatic carbocycles. The Morgan fingerprint density at radius 3 is 2.61 bits per heavy atom. The summed E-state index contributed by atoms with van der Waals surface area (Å²) in [4.78, 5) is 14.0. The summed E-state index contributed by atoms with van der Waals surface area (Å²) in [5.41, 5.74) is 3.10. The second-order valence-corrected chi connectivity index (χ2v) is 10.9. The summed E-state index contributed by atoms with van der Waals surface area (Å²) in [7, 11) is 1.56. The van der Waals surface area contributed by atoms with Gasteiger partial charge in [0.2, 0.25) is 0 Å². The standard InChI is InChI=1S/C24H24N2O5S2/c1-25(2)18-6-4-5-16(13-18)22-10-12-24(32-22)33(29,30)26-15-17(7-11-23(27)28)20-14-19(31-3)8-9-21(20)26/h4-6,8-10,12-15H,7,11H2,1-3H3,(H,27,28). The van der Waals surface area contributed by atoms with Gasteiger partial charge >= 0.3 is 5.97 Å². The summed E-state index contributed by atoms with van der Waals surface area (Å²) in [6, 6.07) is 16.5. The van der Waals surface area contributed by atoms with Gasteiger partial charge in [0.15, 0.2) is 0 Å². The molecular weight excluding hydrogens is 460 g/mol. The third kappa shape index (κ3) is 4.46. The Labute approximate surface area is 196 Å². The fourth-order valence-corrected chi connectivity index (χ4v) is 6.44. The highest BCUT2D eigenvalue weighted by Gasteiger charge is 2.24. The van der Waals surface area contributed by atoms with Gasteiger partial charge in [-0.05, 0) is 60.0 Å². The molecule has 4 rings (SSSR count). The number of anilines is 1. The van der Waals surface area contributed by atoms with Crippen molar-refractivity contribution >= 4 is 43.9 Å². The third-order valence-electron chi connectivity index (χ3n) is 5.41. The number of hydrogen-bond acceptors (Lipinski definition) is 6. The van der Waals surface area contributed by atoms with Gasteiger partial charge in [0.1, 0.15) is 9.96 Å². The van der Waals surface area contributed by atoms with Crippen molar-refractivity contribution < 1.29 is 23.1 Å². The Kier molecular flexibility index (Phi) is 6.18. The highest BCUT2D eigenvalue weighted by molar-refractivity contribution is 7.92. The molecule has 1 N–H and O–H groups in total. The topological polar surface area (TPSA) is 88.8 Å². The Morgan fingerprint density at radius 1 is 1.12 bits per heavy atom. The van der Waals surface area contributed by atoms with E-state index in [2.05, 4.69) is 0 Å². The van der Waals surface area contributed by atoms with E-state index in [1.54, 1.807) is 24.3 Å². The minimum atomic E-state index is -3.88. The van der Waals surface area contributed by atoms with Crippen molar-refractivity contribution in [2.75, 3.05) is 26.1 Å². The van der Waals surface area contributed by atoms with Crippen LogP contribution in [0, 0.1) is 0 Å². The van der Waals surface area contributed by atoms with Gasteiger partial charge in [-0.3, -0.25) is 4.79 Å². The number of fused-ring (bicyclic) bond motifs is 1. The monoisotopic (exact) mass is 484 g/mol. The van der Waals surface area contributed by atoms with Gasteiger partial charge in [0.25, 0.3) is 10.0 Å². The summed E-state index contributed by atoms with van der Waals surface area (Å²) >= 11 is 1.21. The lowest BCUT2D eigenvalue weighted by atomic mass is 10.1. The quantitative estimate of drug-likeness (QED) is 0.390. The van der Waals surface area contributed by atoms with E-state index in [0.29, 0.717) is 22.2 Å². The van der Waals surface area contributed by atoms with Crippen LogP contribution in [0.1, 0.15) is 12.0 Å². The zero-order valence-corrected chi connectivity index (χ0v) is 20.1. The molecule has 0 fully saturated rings. The van der Waals surface area contributed by atoms with Crippen LogP contribution >= 0.6 is 11.3 Å². The minimum Gasteiger partial charge on any atom is -0.497 e. The lowest BCUT2D eigenvalue weighted by Gasteiger charge is -2.13. The van der Waals surface area contributed by atoms with Gasteiger partial charge in [0, 0.05) is 42.7 Å². The van der Waals surface area contributed by atoms with Crippen molar-refractivity contribution in [3.63, 3.8) is 0 Å². The average molecular weight is 485 g/mol. The molecule has 0 bridgehead atoms. The molecule has 0 aliphatic heterocycles. The number of aliphatic carboxylic acids is 1. The molecule has 0 aliphatic rings. The molecule has 0 saturated carbocycles. The van der Waals surface area contributed by atoms with Crippen LogP contribution in [0.3, 0.4) is 0 Å². The first-order valence-electron chi connectivity index (χ1n) is 10.2. The normalized spacial score (nSPS) is 11.6. The molecule has 2 aromatic heterocycles. The molecule has 9 heteroatoms. The zero-order valence-electron chi connectivity index (χ0n) is 18.5. The number of methoxy groups -OCH3 is 1. The van der Waals surface area contributed by atoms with Crippen molar-refractivity contribution in [3.05, 3.63) is 66.4 Å². The minimum absolute atomic E-state index is 0.0955. The summed E-state index contributed by atoms with van der Waals surface area (Å²) in [5.74, 6) is -0.363. The molecule has 33 heavy (non-hydrogen) atoms. The highest BCUT2D eigenvalue weighted by Crippen LogP contribution is 2.36. The maximum Gasteiger partial charge on any atom is 0.303 e. The molecule has 2 aromatic carbocycles. The highest BCUT2D eigenvalue weighted by atomic mass is 32.2. The number of hydrogen-bond donors (Lipinski definition) is 1. The third-order valence-corrected chi connectivity index (χ3v) is 8.69. The molecule has 7 nitrogen and oxygen atoms in total. The largest absolute Gasteiger partial charge is 0.497 e. The molecule has 0 atom stereocenters. The van der Waals surface area contributed by atoms with E-state index in [0.717, 1.165) is 16.1 Å². The van der Waals surface area contributed by atoms with Crippen molar-refractivity contribution in [1.82, 2.24) is 3.97 Å². The predicted octanol–water partition coefficient (Wildman–Crippen LogP) is 4.70. The zero-order chi connectivity index (χ0) is 23.8. The van der Waals surface area contributed by atoms with Gasteiger partial charge in [-0.2, -0.15) is 8.42 Å². The molecule has 0 spiro atoms. The van der Waals surface area contributed by atoms with Crippen molar-refractivity contribution in [3.8, 4) is 16.2 Å². The number of aromatic nitrogens is 1. The van der Waals surface area contributed by atoms with Crippen molar-refractivity contribution in [2.24, 2.45) is 0 Å². The predicted molar refractivity (Wildman–Crippen MR) is 131 cm³/mol. The summed E-state index contributed by atoms with van der Waals surface area (Å²) in [6.07, 6.45) is 1.64. The number of benzene rings is 2. The number of carboxylic acids is 1. The SMILES string of the molecule is COc1ccc2c(c1)c(CCC(=O)O)cn2S(=O)(=O)c1ccc(-c2cccc(N(C)C)c2)s1. The summed E-state index contributed by atoms with van der Waals surface area (Å²) in [5, 5.41) is 9.77. The summed E-state index contributed by atoms with van der Waals surface area (Å²) < 4.78 is 33.9. The van der Waals surface area contributed by atoms with Crippen molar-refractivity contribution in [2.45, 2.75) is 17.1 Å². The van der Waals surface area contributed by atoms with Gasteiger partial charge in [-0.15, -0.1) is 11.3 Å². The second-order valence-electron chi connectivity index (χ2n) is 7.80. The Balaban J connectivity index is 1.78. The number of thiophene rings is 1. The van der Waals surface area contributed by atoms with E-state index in [-0.39, 0.29) is 17.1 Å². The lowest BCUT2D eigenvalue weighted by molar-refractivity contribution is -0.136. The van der Waals surface area contributed by atoms with E-state index >= 15 is 0 Å². The van der Waals surface area contributed by atoms with Crippen molar-refractivity contribution in [1.29, 1.82) is 0 Å². The number of ether oxygens (including phenoxy) is 1. The Bertz CT molecular complexity index is 1430. The van der Waals surface area contributed by atoms with Gasteiger partial charge in [-0.1, -0.05) is 12.1 Å². The van der Waals surface area contributed by atoms with E-state index < -0.39 is 16.0 Å². The number of carboxylic acid groups (broad SMARTS) is 1. The molecule has 2 heterocycles. The Morgan fingerprint density at radius 2 is 1.91 bits per heavy atom. The smallest absolute Gasteiger partial charge is 0.303 e. The number of aryl methyl sites for hydroxylation is 1. The molecule has 172 valence electrons. The van der Waals surface area contributed by atoms with E-state index in [9.17, 15) is 13.2 Å². The molecule has 0 radical (unpaired) electrons. The lowest BCUT2D eigenvalue weighted by Crippen LogP contribution is -2.10. The van der Waals surface area contributed by atoms with E-state index in [4.69, 9.17) is 9.84 Å². The number of nitrogens with zero attached hydrogens (tertiary/aromatic N) is 2. The van der Waals surface area contributed by atoms with Crippen LogP contribution in [0.4, 0.5) is 5.69 Å². The molecule has 4 aromatic rings. The average Bonchev–Trinajstić information content (AvgIpc) is 3.43. The maximum atomic E-state index is 13.6. The maximum absolute atomic E-state index is 13.6. The van der Waals surface area contributed by atoms with Crippen LogP contribution < -0.4 is 9.64 Å². The molecule has 0 saturated heterocycles. The first-order chi connectivity index (χ1) is 15.7. The van der Waals surface area contributed by atoms with Gasteiger partial charge in [0.05, 0.1) is 12.6 Å². The van der Waals surface area contributed by atoms with E-state index in [1.807, 2.05) is 49.3 Å². The second kappa shape index (κ2) is 8.92. The molecular formula is C24H24N2O5S2. The van der Waals surface area contributed by atoms with Crippen LogP contribution in [0.5, 0.6) is 5.75 Å². The molecule has 0 amide bonds. The fourth-order valence-electron chi connectivity index (χ4n) is 3.66. The molecule has 0 unspecified atom stereocenters. The fraction of sp³-hybridized carbons (Fsp3) is 0.208. The first-order valence-corrected chi connectivity index (χ1v) is 12.5. The summed E-state index contributed by atoms with van der Waals surface area (Å²) in [6.45, 7) is 0. The van der Waals surface area contributed by atoms with Gasteiger partial charge < -0.3 is 14.7 Å². The van der Waals surface area contributed by atoms with Crippen LogP contribution in [-0.4, -0.2) is 44.7 Å². The Hall–Kier alpha value is -3.30. The van der Waals surface area contributed by atoms with E-state index in [1.165, 1.54) is 28.6 Å². The van der Waals surface area contributed by atoms with Crippen LogP contribution in [0.15, 0.2) is 65.0 Å². The number of rotatable bonds is 8. The van der Waals surface area contributed by atoms with Crippen LogP contribution in [-0.2, 0) is 21.2 Å².